The molecule has 0 aliphatic heterocycles. The average molecular weight is 270 g/mol. The molecule has 2 aromatic rings. The first kappa shape index (κ1) is 12.3. The second-order valence-electron chi connectivity index (χ2n) is 4.13. The van der Waals surface area contributed by atoms with Crippen LogP contribution < -0.4 is 0 Å². The highest BCUT2D eigenvalue weighted by molar-refractivity contribution is 7.18. The van der Waals surface area contributed by atoms with Crippen molar-refractivity contribution >= 4 is 39.1 Å². The van der Waals surface area contributed by atoms with Crippen LogP contribution in [0.5, 0.6) is 0 Å². The van der Waals surface area contributed by atoms with Crippen LogP contribution in [0.25, 0.3) is 10.2 Å². The Hall–Kier alpha value is -1.13. The molecule has 0 bridgehead atoms. The zero-order valence-electron chi connectivity index (χ0n) is 9.31. The summed E-state index contributed by atoms with van der Waals surface area (Å²) < 4.78 is 1.05. The molecular weight excluding hydrogens is 258 g/mol. The number of carboxylic acid groups (broad SMARTS) is 1. The molecule has 0 aliphatic rings. The zero-order valence-corrected chi connectivity index (χ0v) is 10.9. The van der Waals surface area contributed by atoms with Crippen LogP contribution in [0.4, 0.5) is 0 Å². The lowest BCUT2D eigenvalue weighted by Gasteiger charge is -2.04. The van der Waals surface area contributed by atoms with Crippen molar-refractivity contribution in [3.63, 3.8) is 0 Å². The van der Waals surface area contributed by atoms with Gasteiger partial charge in [0.05, 0.1) is 15.2 Å². The molecule has 1 atom stereocenters. The summed E-state index contributed by atoms with van der Waals surface area (Å²) in [4.78, 5) is 15.1. The van der Waals surface area contributed by atoms with Crippen LogP contribution in [0, 0.1) is 5.92 Å². The number of hydrogen-bond acceptors (Lipinski definition) is 3. The van der Waals surface area contributed by atoms with Crippen LogP contribution in [-0.2, 0) is 11.2 Å². The number of benzene rings is 1. The average Bonchev–Trinajstić information content (AvgIpc) is 2.57. The lowest BCUT2D eigenvalue weighted by molar-refractivity contribution is -0.137. The van der Waals surface area contributed by atoms with E-state index in [1.165, 1.54) is 0 Å². The molecule has 0 fully saturated rings. The Morgan fingerprint density at radius 2 is 2.35 bits per heavy atom. The molecule has 0 amide bonds. The Morgan fingerprint density at radius 1 is 1.59 bits per heavy atom. The third-order valence-electron chi connectivity index (χ3n) is 2.44. The summed E-state index contributed by atoms with van der Waals surface area (Å²) in [5.74, 6) is -0.662. The number of thiazole rings is 1. The molecule has 17 heavy (non-hydrogen) atoms. The van der Waals surface area contributed by atoms with E-state index < -0.39 is 5.97 Å². The van der Waals surface area contributed by atoms with E-state index in [0.717, 1.165) is 15.2 Å². The molecular formula is C12H12ClNO2S. The smallest absolute Gasteiger partial charge is 0.303 e. The Bertz CT molecular complexity index is 552. The predicted molar refractivity (Wildman–Crippen MR) is 69.8 cm³/mol. The summed E-state index contributed by atoms with van der Waals surface area (Å²) in [6.07, 6.45) is 0.875. The highest BCUT2D eigenvalue weighted by Gasteiger charge is 2.12. The summed E-state index contributed by atoms with van der Waals surface area (Å²) in [5, 5.41) is 10.4. The SMILES string of the molecule is CC(CC(=O)O)Cc1nc2ccc(Cl)cc2s1. The number of carbonyl (C=O) groups is 1. The van der Waals surface area contributed by atoms with E-state index in [1.54, 1.807) is 11.3 Å². The van der Waals surface area contributed by atoms with Gasteiger partial charge in [0.2, 0.25) is 0 Å². The Kier molecular flexibility index (Phi) is 3.64. The number of rotatable bonds is 4. The molecule has 1 aromatic heterocycles. The third-order valence-corrected chi connectivity index (χ3v) is 3.72. The van der Waals surface area contributed by atoms with Crippen molar-refractivity contribution in [1.29, 1.82) is 0 Å². The Morgan fingerprint density at radius 3 is 3.06 bits per heavy atom. The molecule has 0 saturated heterocycles. The van der Waals surface area contributed by atoms with Gasteiger partial charge in [0, 0.05) is 17.9 Å². The van der Waals surface area contributed by atoms with Gasteiger partial charge >= 0.3 is 5.97 Å². The predicted octanol–water partition coefficient (Wildman–Crippen LogP) is 3.60. The highest BCUT2D eigenvalue weighted by Crippen LogP contribution is 2.27. The van der Waals surface area contributed by atoms with Crippen LogP contribution in [-0.4, -0.2) is 16.1 Å². The maximum absolute atomic E-state index is 10.6. The molecule has 90 valence electrons. The minimum Gasteiger partial charge on any atom is -0.481 e. The fraction of sp³-hybridized carbons (Fsp3) is 0.333. The van der Waals surface area contributed by atoms with Gasteiger partial charge in [0.1, 0.15) is 0 Å². The molecule has 0 saturated carbocycles. The van der Waals surface area contributed by atoms with Gasteiger partial charge in [-0.05, 0) is 24.1 Å². The summed E-state index contributed by atoms with van der Waals surface area (Å²) in [6.45, 7) is 1.92. The van der Waals surface area contributed by atoms with Crippen molar-refractivity contribution in [1.82, 2.24) is 4.98 Å². The van der Waals surface area contributed by atoms with Gasteiger partial charge in [0.15, 0.2) is 0 Å². The molecule has 3 nitrogen and oxygen atoms in total. The maximum Gasteiger partial charge on any atom is 0.303 e. The van der Waals surface area contributed by atoms with Gasteiger partial charge < -0.3 is 5.11 Å². The van der Waals surface area contributed by atoms with Gasteiger partial charge in [-0.3, -0.25) is 4.79 Å². The fourth-order valence-electron chi connectivity index (χ4n) is 1.70. The first-order valence-electron chi connectivity index (χ1n) is 5.31. The second-order valence-corrected chi connectivity index (χ2v) is 5.68. The topological polar surface area (TPSA) is 50.2 Å². The Labute approximate surface area is 108 Å². The molecule has 2 rings (SSSR count). The largest absolute Gasteiger partial charge is 0.481 e. The zero-order chi connectivity index (χ0) is 12.4. The summed E-state index contributed by atoms with van der Waals surface area (Å²) >= 11 is 7.48. The van der Waals surface area contributed by atoms with E-state index in [-0.39, 0.29) is 12.3 Å². The number of fused-ring (bicyclic) bond motifs is 1. The van der Waals surface area contributed by atoms with E-state index in [2.05, 4.69) is 4.98 Å². The van der Waals surface area contributed by atoms with Gasteiger partial charge in [-0.1, -0.05) is 18.5 Å². The molecule has 0 spiro atoms. The van der Waals surface area contributed by atoms with Gasteiger partial charge in [0.25, 0.3) is 0 Å². The summed E-state index contributed by atoms with van der Waals surface area (Å²) in [5.41, 5.74) is 0.928. The first-order valence-corrected chi connectivity index (χ1v) is 6.51. The molecule has 5 heteroatoms. The van der Waals surface area contributed by atoms with Crippen molar-refractivity contribution in [2.24, 2.45) is 5.92 Å². The van der Waals surface area contributed by atoms with Crippen LogP contribution in [0.3, 0.4) is 0 Å². The highest BCUT2D eigenvalue weighted by atomic mass is 35.5. The van der Waals surface area contributed by atoms with Crippen LogP contribution in [0.15, 0.2) is 18.2 Å². The number of aromatic nitrogens is 1. The molecule has 1 unspecified atom stereocenters. The molecule has 1 heterocycles. The van der Waals surface area contributed by atoms with Crippen molar-refractivity contribution in [2.45, 2.75) is 19.8 Å². The quantitative estimate of drug-likeness (QED) is 0.923. The van der Waals surface area contributed by atoms with E-state index in [9.17, 15) is 4.79 Å². The number of halogens is 1. The minimum absolute atomic E-state index is 0.100. The van der Waals surface area contributed by atoms with E-state index in [1.807, 2.05) is 25.1 Å². The number of aliphatic carboxylic acids is 1. The van der Waals surface area contributed by atoms with Crippen molar-refractivity contribution in [3.05, 3.63) is 28.2 Å². The summed E-state index contributed by atoms with van der Waals surface area (Å²) in [6, 6.07) is 5.59. The normalized spacial score (nSPS) is 12.8. The van der Waals surface area contributed by atoms with Crippen molar-refractivity contribution in [2.75, 3.05) is 0 Å². The van der Waals surface area contributed by atoms with Gasteiger partial charge in [-0.25, -0.2) is 4.98 Å². The molecule has 1 N–H and O–H groups in total. The van der Waals surface area contributed by atoms with Crippen LogP contribution >= 0.6 is 22.9 Å². The number of nitrogens with zero attached hydrogens (tertiary/aromatic N) is 1. The first-order chi connectivity index (χ1) is 8.04. The van der Waals surface area contributed by atoms with Gasteiger partial charge in [-0.2, -0.15) is 0 Å². The molecule has 0 radical (unpaired) electrons. The summed E-state index contributed by atoms with van der Waals surface area (Å²) in [7, 11) is 0. The van der Waals surface area contributed by atoms with E-state index in [0.29, 0.717) is 11.4 Å². The fourth-order valence-corrected chi connectivity index (χ4v) is 3.11. The van der Waals surface area contributed by atoms with Crippen molar-refractivity contribution in [3.8, 4) is 0 Å². The number of carboxylic acids is 1. The standard InChI is InChI=1S/C12H12ClNO2S/c1-7(5-12(15)16)4-11-14-9-3-2-8(13)6-10(9)17-11/h2-3,6-7H,4-5H2,1H3,(H,15,16). The van der Waals surface area contributed by atoms with E-state index in [4.69, 9.17) is 16.7 Å². The monoisotopic (exact) mass is 269 g/mol. The molecule has 1 aromatic carbocycles. The minimum atomic E-state index is -0.762. The van der Waals surface area contributed by atoms with Gasteiger partial charge in [-0.15, -0.1) is 11.3 Å². The third kappa shape index (κ3) is 3.17. The van der Waals surface area contributed by atoms with Crippen LogP contribution in [0.2, 0.25) is 5.02 Å². The van der Waals surface area contributed by atoms with Crippen LogP contribution in [0.1, 0.15) is 18.4 Å². The van der Waals surface area contributed by atoms with E-state index >= 15 is 0 Å². The molecule has 0 aliphatic carbocycles. The lowest BCUT2D eigenvalue weighted by atomic mass is 10.1. The Balaban J connectivity index is 2.16. The van der Waals surface area contributed by atoms with Crippen molar-refractivity contribution < 1.29 is 9.90 Å². The lowest BCUT2D eigenvalue weighted by Crippen LogP contribution is -2.06. The maximum atomic E-state index is 10.6. The number of hydrogen-bond donors (Lipinski definition) is 1. The second kappa shape index (κ2) is 5.02.